The second kappa shape index (κ2) is 9.64. The number of para-hydroxylation sites is 1. The van der Waals surface area contributed by atoms with Crippen molar-refractivity contribution in [3.05, 3.63) is 29.3 Å². The van der Waals surface area contributed by atoms with Gasteiger partial charge in [0.1, 0.15) is 12.4 Å². The maximum atomic E-state index is 11.1. The summed E-state index contributed by atoms with van der Waals surface area (Å²) in [7, 11) is 0. The van der Waals surface area contributed by atoms with E-state index in [1.54, 1.807) is 6.07 Å². The SMILES string of the molecule is CCOC(=O)CCCNCCOc1ccccc1Cl. The van der Waals surface area contributed by atoms with Gasteiger partial charge in [0.05, 0.1) is 11.6 Å². The van der Waals surface area contributed by atoms with Crippen molar-refractivity contribution in [2.24, 2.45) is 0 Å². The molecule has 0 heterocycles. The molecular weight excluding hydrogens is 266 g/mol. The standard InChI is InChI=1S/C14H20ClNO3/c1-2-18-14(17)8-5-9-16-10-11-19-13-7-4-3-6-12(13)15/h3-4,6-7,16H,2,5,8-11H2,1H3. The van der Waals surface area contributed by atoms with Crippen molar-refractivity contribution in [3.8, 4) is 5.75 Å². The lowest BCUT2D eigenvalue weighted by molar-refractivity contribution is -0.143. The van der Waals surface area contributed by atoms with Crippen LogP contribution < -0.4 is 10.1 Å². The van der Waals surface area contributed by atoms with Crippen LogP contribution in [0.5, 0.6) is 5.75 Å². The van der Waals surface area contributed by atoms with Crippen molar-refractivity contribution < 1.29 is 14.3 Å². The molecule has 0 aliphatic carbocycles. The van der Waals surface area contributed by atoms with E-state index < -0.39 is 0 Å². The second-order valence-electron chi connectivity index (χ2n) is 3.94. The van der Waals surface area contributed by atoms with Gasteiger partial charge in [0.2, 0.25) is 0 Å². The topological polar surface area (TPSA) is 47.6 Å². The Hall–Kier alpha value is -1.26. The van der Waals surface area contributed by atoms with Crippen molar-refractivity contribution in [3.63, 3.8) is 0 Å². The van der Waals surface area contributed by atoms with Gasteiger partial charge < -0.3 is 14.8 Å². The van der Waals surface area contributed by atoms with Gasteiger partial charge in [0.15, 0.2) is 0 Å². The minimum absolute atomic E-state index is 0.142. The number of carbonyl (C=O) groups is 1. The Balaban J connectivity index is 2.00. The van der Waals surface area contributed by atoms with Gasteiger partial charge in [0, 0.05) is 13.0 Å². The molecule has 1 aromatic carbocycles. The zero-order valence-electron chi connectivity index (χ0n) is 11.2. The molecule has 106 valence electrons. The molecule has 0 saturated carbocycles. The van der Waals surface area contributed by atoms with Crippen LogP contribution in [0, 0.1) is 0 Å². The van der Waals surface area contributed by atoms with E-state index in [1.165, 1.54) is 0 Å². The van der Waals surface area contributed by atoms with Gasteiger partial charge in [-0.15, -0.1) is 0 Å². The molecule has 0 amide bonds. The van der Waals surface area contributed by atoms with E-state index in [2.05, 4.69) is 5.32 Å². The van der Waals surface area contributed by atoms with Gasteiger partial charge >= 0.3 is 5.97 Å². The van der Waals surface area contributed by atoms with Crippen molar-refractivity contribution in [1.82, 2.24) is 5.32 Å². The first-order valence-electron chi connectivity index (χ1n) is 6.47. The summed E-state index contributed by atoms with van der Waals surface area (Å²) in [6.45, 7) is 4.28. The van der Waals surface area contributed by atoms with Gasteiger partial charge in [-0.05, 0) is 32.0 Å². The van der Waals surface area contributed by atoms with Crippen LogP contribution in [0.15, 0.2) is 24.3 Å². The van der Waals surface area contributed by atoms with Crippen LogP contribution in [-0.2, 0) is 9.53 Å². The van der Waals surface area contributed by atoms with Crippen molar-refractivity contribution in [2.75, 3.05) is 26.3 Å². The van der Waals surface area contributed by atoms with Gasteiger partial charge in [-0.25, -0.2) is 0 Å². The van der Waals surface area contributed by atoms with Gasteiger partial charge in [-0.3, -0.25) is 4.79 Å². The smallest absolute Gasteiger partial charge is 0.305 e. The number of hydrogen-bond acceptors (Lipinski definition) is 4. The Morgan fingerprint density at radius 1 is 1.32 bits per heavy atom. The van der Waals surface area contributed by atoms with E-state index >= 15 is 0 Å². The normalized spacial score (nSPS) is 10.2. The highest BCUT2D eigenvalue weighted by molar-refractivity contribution is 6.32. The zero-order valence-corrected chi connectivity index (χ0v) is 11.9. The fourth-order valence-electron chi connectivity index (χ4n) is 1.51. The zero-order chi connectivity index (χ0) is 13.9. The van der Waals surface area contributed by atoms with Crippen LogP contribution in [0.3, 0.4) is 0 Å². The number of hydrogen-bond donors (Lipinski definition) is 1. The van der Waals surface area contributed by atoms with Gasteiger partial charge in [0.25, 0.3) is 0 Å². The van der Waals surface area contributed by atoms with Crippen LogP contribution in [0.25, 0.3) is 0 Å². The molecule has 4 nitrogen and oxygen atoms in total. The number of esters is 1. The Morgan fingerprint density at radius 2 is 2.11 bits per heavy atom. The monoisotopic (exact) mass is 285 g/mol. The molecule has 0 fully saturated rings. The number of benzene rings is 1. The van der Waals surface area contributed by atoms with Crippen LogP contribution in [0.1, 0.15) is 19.8 Å². The highest BCUT2D eigenvalue weighted by atomic mass is 35.5. The summed E-state index contributed by atoms with van der Waals surface area (Å²) in [5.74, 6) is 0.550. The maximum Gasteiger partial charge on any atom is 0.305 e. The molecule has 0 aliphatic rings. The lowest BCUT2D eigenvalue weighted by atomic mass is 10.3. The Labute approximate surface area is 119 Å². The summed E-state index contributed by atoms with van der Waals surface area (Å²) in [6, 6.07) is 7.38. The molecule has 0 saturated heterocycles. The largest absolute Gasteiger partial charge is 0.491 e. The third-order valence-corrected chi connectivity index (χ3v) is 2.73. The van der Waals surface area contributed by atoms with Crippen molar-refractivity contribution in [1.29, 1.82) is 0 Å². The molecule has 19 heavy (non-hydrogen) atoms. The molecule has 0 aliphatic heterocycles. The molecule has 1 aromatic rings. The van der Waals surface area contributed by atoms with Crippen LogP contribution in [0.2, 0.25) is 5.02 Å². The van der Waals surface area contributed by atoms with E-state index in [0.717, 1.165) is 13.0 Å². The Morgan fingerprint density at radius 3 is 2.84 bits per heavy atom. The Bertz CT molecular complexity index is 385. The third-order valence-electron chi connectivity index (χ3n) is 2.41. The lowest BCUT2D eigenvalue weighted by Gasteiger charge is -2.08. The first-order chi connectivity index (χ1) is 9.24. The second-order valence-corrected chi connectivity index (χ2v) is 4.34. The maximum absolute atomic E-state index is 11.1. The lowest BCUT2D eigenvalue weighted by Crippen LogP contribution is -2.22. The predicted molar refractivity (Wildman–Crippen MR) is 75.7 cm³/mol. The van der Waals surface area contributed by atoms with Crippen LogP contribution in [-0.4, -0.2) is 32.3 Å². The van der Waals surface area contributed by atoms with Crippen molar-refractivity contribution >= 4 is 17.6 Å². The van der Waals surface area contributed by atoms with E-state index in [4.69, 9.17) is 21.1 Å². The number of rotatable bonds is 9. The highest BCUT2D eigenvalue weighted by Crippen LogP contribution is 2.22. The summed E-state index contributed by atoms with van der Waals surface area (Å²) in [5.41, 5.74) is 0. The minimum atomic E-state index is -0.142. The van der Waals surface area contributed by atoms with Crippen molar-refractivity contribution in [2.45, 2.75) is 19.8 Å². The average Bonchev–Trinajstić information content (AvgIpc) is 2.40. The Kier molecular flexibility index (Phi) is 8.02. The fourth-order valence-corrected chi connectivity index (χ4v) is 1.70. The molecule has 0 spiro atoms. The molecule has 0 atom stereocenters. The van der Waals surface area contributed by atoms with E-state index in [-0.39, 0.29) is 5.97 Å². The predicted octanol–water partition coefficient (Wildman–Crippen LogP) is 2.65. The fraction of sp³-hybridized carbons (Fsp3) is 0.500. The van der Waals surface area contributed by atoms with Gasteiger partial charge in [-0.2, -0.15) is 0 Å². The van der Waals surface area contributed by atoms with E-state index in [0.29, 0.717) is 37.0 Å². The van der Waals surface area contributed by atoms with Gasteiger partial charge in [-0.1, -0.05) is 23.7 Å². The molecule has 0 aromatic heterocycles. The quantitative estimate of drug-likeness (QED) is 0.560. The summed E-state index contributed by atoms with van der Waals surface area (Å²) >= 11 is 5.95. The number of ether oxygens (including phenoxy) is 2. The van der Waals surface area contributed by atoms with E-state index in [9.17, 15) is 4.79 Å². The van der Waals surface area contributed by atoms with E-state index in [1.807, 2.05) is 25.1 Å². The summed E-state index contributed by atoms with van der Waals surface area (Å²) < 4.78 is 10.4. The summed E-state index contributed by atoms with van der Waals surface area (Å²) in [5, 5.41) is 3.81. The molecule has 5 heteroatoms. The molecule has 0 radical (unpaired) electrons. The highest BCUT2D eigenvalue weighted by Gasteiger charge is 2.01. The first-order valence-corrected chi connectivity index (χ1v) is 6.85. The average molecular weight is 286 g/mol. The summed E-state index contributed by atoms with van der Waals surface area (Å²) in [6.07, 6.45) is 1.22. The number of carbonyl (C=O) groups excluding carboxylic acids is 1. The third kappa shape index (κ3) is 7.03. The molecule has 0 bridgehead atoms. The van der Waals surface area contributed by atoms with Crippen LogP contribution in [0.4, 0.5) is 0 Å². The minimum Gasteiger partial charge on any atom is -0.491 e. The first kappa shape index (κ1) is 15.8. The molecule has 0 unspecified atom stereocenters. The van der Waals surface area contributed by atoms with Crippen LogP contribution >= 0.6 is 11.6 Å². The number of nitrogens with one attached hydrogen (secondary N) is 1. The summed E-state index contributed by atoms with van der Waals surface area (Å²) in [4.78, 5) is 11.1. The molecule has 1 rings (SSSR count). The number of halogens is 1. The molecular formula is C14H20ClNO3. The molecule has 1 N–H and O–H groups in total.